The Labute approximate surface area is 120 Å². The van der Waals surface area contributed by atoms with Crippen molar-refractivity contribution in [1.29, 1.82) is 0 Å². The van der Waals surface area contributed by atoms with E-state index in [0.29, 0.717) is 12.1 Å². The molecule has 1 aromatic carbocycles. The zero-order chi connectivity index (χ0) is 14.4. The molecule has 3 nitrogen and oxygen atoms in total. The monoisotopic (exact) mass is 275 g/mol. The molecule has 0 radical (unpaired) electrons. The highest BCUT2D eigenvalue weighted by Crippen LogP contribution is 2.12. The van der Waals surface area contributed by atoms with Gasteiger partial charge in [-0.05, 0) is 50.3 Å². The van der Waals surface area contributed by atoms with E-state index in [2.05, 4.69) is 28.7 Å². The smallest absolute Gasteiger partial charge is 0.124 e. The second-order valence-corrected chi connectivity index (χ2v) is 5.29. The number of hydrogen-bond donors (Lipinski definition) is 1. The Morgan fingerprint density at radius 2 is 2.05 bits per heavy atom. The lowest BCUT2D eigenvalue weighted by Gasteiger charge is -2.20. The Bertz CT molecular complexity index is 504. The summed E-state index contributed by atoms with van der Waals surface area (Å²) in [4.78, 5) is 4.71. The van der Waals surface area contributed by atoms with Crippen LogP contribution in [0.2, 0.25) is 0 Å². The summed E-state index contributed by atoms with van der Waals surface area (Å²) in [7, 11) is 2.15. The Morgan fingerprint density at radius 3 is 2.85 bits per heavy atom. The van der Waals surface area contributed by atoms with Gasteiger partial charge in [-0.3, -0.25) is 4.90 Å². The quantitative estimate of drug-likeness (QED) is 0.825. The molecule has 1 fully saturated rings. The van der Waals surface area contributed by atoms with Crippen LogP contribution in [0.3, 0.4) is 0 Å². The molecule has 1 aromatic rings. The van der Waals surface area contributed by atoms with Crippen molar-refractivity contribution in [1.82, 2.24) is 9.80 Å². The van der Waals surface area contributed by atoms with Crippen LogP contribution in [0.1, 0.15) is 17.5 Å². The summed E-state index contributed by atoms with van der Waals surface area (Å²) >= 11 is 0. The Hall–Kier alpha value is -1.41. The van der Waals surface area contributed by atoms with Gasteiger partial charge in [-0.1, -0.05) is 11.8 Å². The first-order chi connectivity index (χ1) is 9.67. The van der Waals surface area contributed by atoms with Crippen LogP contribution in [0.15, 0.2) is 18.2 Å². The molecule has 108 valence electrons. The SMILES string of the molecule is CN1CCCN(Cc2cc(F)cc(C#CCN)c2)CC1. The van der Waals surface area contributed by atoms with Gasteiger partial charge in [0.05, 0.1) is 6.54 Å². The number of benzene rings is 1. The highest BCUT2D eigenvalue weighted by Gasteiger charge is 2.12. The molecule has 0 aliphatic carbocycles. The van der Waals surface area contributed by atoms with Gasteiger partial charge in [-0.25, -0.2) is 4.39 Å². The summed E-state index contributed by atoms with van der Waals surface area (Å²) in [6, 6.07) is 5.02. The second kappa shape index (κ2) is 7.39. The van der Waals surface area contributed by atoms with E-state index in [9.17, 15) is 4.39 Å². The normalized spacial score (nSPS) is 17.4. The van der Waals surface area contributed by atoms with Gasteiger partial charge in [0.15, 0.2) is 0 Å². The highest BCUT2D eigenvalue weighted by atomic mass is 19.1. The van der Waals surface area contributed by atoms with Crippen LogP contribution in [0.5, 0.6) is 0 Å². The highest BCUT2D eigenvalue weighted by molar-refractivity contribution is 5.38. The zero-order valence-corrected chi connectivity index (χ0v) is 12.0. The van der Waals surface area contributed by atoms with E-state index in [1.165, 1.54) is 6.07 Å². The first kappa shape index (κ1) is 15.0. The number of hydrogen-bond acceptors (Lipinski definition) is 3. The van der Waals surface area contributed by atoms with Crippen LogP contribution in [-0.2, 0) is 6.54 Å². The molecule has 1 aliphatic heterocycles. The third kappa shape index (κ3) is 4.61. The number of nitrogens with two attached hydrogens (primary N) is 1. The van der Waals surface area contributed by atoms with Crippen LogP contribution < -0.4 is 5.73 Å². The maximum Gasteiger partial charge on any atom is 0.124 e. The van der Waals surface area contributed by atoms with Crippen LogP contribution in [0.4, 0.5) is 4.39 Å². The van der Waals surface area contributed by atoms with Crippen molar-refractivity contribution in [2.75, 3.05) is 39.8 Å². The van der Waals surface area contributed by atoms with Crippen molar-refractivity contribution in [3.05, 3.63) is 35.1 Å². The van der Waals surface area contributed by atoms with Crippen LogP contribution in [-0.4, -0.2) is 49.6 Å². The topological polar surface area (TPSA) is 32.5 Å². The summed E-state index contributed by atoms with van der Waals surface area (Å²) in [5, 5.41) is 0. The second-order valence-electron chi connectivity index (χ2n) is 5.29. The number of halogens is 1. The summed E-state index contributed by atoms with van der Waals surface area (Å²) in [6.07, 6.45) is 1.16. The fourth-order valence-electron chi connectivity index (χ4n) is 2.48. The van der Waals surface area contributed by atoms with Crippen molar-refractivity contribution in [3.8, 4) is 11.8 Å². The molecule has 2 N–H and O–H groups in total. The summed E-state index contributed by atoms with van der Waals surface area (Å²) < 4.78 is 13.6. The van der Waals surface area contributed by atoms with E-state index < -0.39 is 0 Å². The largest absolute Gasteiger partial charge is 0.320 e. The maximum atomic E-state index is 13.6. The summed E-state index contributed by atoms with van der Waals surface area (Å²) in [5.41, 5.74) is 7.04. The fraction of sp³-hybridized carbons (Fsp3) is 0.500. The lowest BCUT2D eigenvalue weighted by atomic mass is 10.1. The molecular formula is C16H22FN3. The van der Waals surface area contributed by atoms with Gasteiger partial charge >= 0.3 is 0 Å². The van der Waals surface area contributed by atoms with Gasteiger partial charge in [0.2, 0.25) is 0 Å². The molecular weight excluding hydrogens is 253 g/mol. The van der Waals surface area contributed by atoms with Crippen molar-refractivity contribution in [3.63, 3.8) is 0 Å². The van der Waals surface area contributed by atoms with Crippen molar-refractivity contribution >= 4 is 0 Å². The third-order valence-electron chi connectivity index (χ3n) is 3.51. The molecule has 0 atom stereocenters. The molecule has 20 heavy (non-hydrogen) atoms. The first-order valence-electron chi connectivity index (χ1n) is 7.06. The maximum absolute atomic E-state index is 13.6. The molecule has 1 aliphatic rings. The third-order valence-corrected chi connectivity index (χ3v) is 3.51. The first-order valence-corrected chi connectivity index (χ1v) is 7.06. The minimum Gasteiger partial charge on any atom is -0.320 e. The van der Waals surface area contributed by atoms with E-state index in [1.54, 1.807) is 6.07 Å². The van der Waals surface area contributed by atoms with Gasteiger partial charge in [0.25, 0.3) is 0 Å². The standard InChI is InChI=1S/C16H22FN3/c1-19-6-3-7-20(9-8-19)13-15-10-14(4-2-5-18)11-16(17)12-15/h10-12H,3,5-9,13,18H2,1H3. The van der Waals surface area contributed by atoms with Gasteiger partial charge in [0.1, 0.15) is 5.82 Å². The molecule has 0 saturated carbocycles. The predicted molar refractivity (Wildman–Crippen MR) is 79.7 cm³/mol. The van der Waals surface area contributed by atoms with Crippen molar-refractivity contribution < 1.29 is 4.39 Å². The van der Waals surface area contributed by atoms with Gasteiger partial charge in [0, 0.05) is 25.2 Å². The molecule has 1 saturated heterocycles. The Balaban J connectivity index is 2.06. The minimum atomic E-state index is -0.226. The van der Waals surface area contributed by atoms with E-state index in [4.69, 9.17) is 5.73 Å². The fourth-order valence-corrected chi connectivity index (χ4v) is 2.48. The van der Waals surface area contributed by atoms with Crippen LogP contribution >= 0.6 is 0 Å². The molecule has 1 heterocycles. The van der Waals surface area contributed by atoms with Gasteiger partial charge in [-0.2, -0.15) is 0 Å². The molecule has 0 unspecified atom stereocenters. The number of rotatable bonds is 2. The Kier molecular flexibility index (Phi) is 5.54. The average Bonchev–Trinajstić information content (AvgIpc) is 2.61. The lowest BCUT2D eigenvalue weighted by molar-refractivity contribution is 0.269. The predicted octanol–water partition coefficient (Wildman–Crippen LogP) is 1.27. The Morgan fingerprint density at radius 1 is 1.20 bits per heavy atom. The molecule has 4 heteroatoms. The molecule has 0 aromatic heterocycles. The van der Waals surface area contributed by atoms with Crippen molar-refractivity contribution in [2.24, 2.45) is 5.73 Å². The average molecular weight is 275 g/mol. The number of nitrogens with zero attached hydrogens (tertiary/aromatic N) is 2. The van der Waals surface area contributed by atoms with Gasteiger partial charge in [-0.15, -0.1) is 0 Å². The van der Waals surface area contributed by atoms with Crippen LogP contribution in [0, 0.1) is 17.7 Å². The summed E-state index contributed by atoms with van der Waals surface area (Å²) in [6.45, 7) is 5.36. The van der Waals surface area contributed by atoms with Crippen LogP contribution in [0.25, 0.3) is 0 Å². The lowest BCUT2D eigenvalue weighted by Crippen LogP contribution is -2.28. The number of likely N-dealkylation sites (N-methyl/N-ethyl adjacent to an activating group) is 1. The minimum absolute atomic E-state index is 0.226. The van der Waals surface area contributed by atoms with E-state index >= 15 is 0 Å². The van der Waals surface area contributed by atoms with E-state index in [0.717, 1.165) is 44.7 Å². The van der Waals surface area contributed by atoms with E-state index in [-0.39, 0.29) is 5.82 Å². The zero-order valence-electron chi connectivity index (χ0n) is 12.0. The van der Waals surface area contributed by atoms with Crippen molar-refractivity contribution in [2.45, 2.75) is 13.0 Å². The summed E-state index contributed by atoms with van der Waals surface area (Å²) in [5.74, 6) is 5.44. The molecule has 0 spiro atoms. The molecule has 0 bridgehead atoms. The molecule has 0 amide bonds. The van der Waals surface area contributed by atoms with Gasteiger partial charge < -0.3 is 10.6 Å². The van der Waals surface area contributed by atoms with E-state index in [1.807, 2.05) is 6.07 Å². The molecule has 2 rings (SSSR count).